The Morgan fingerprint density at radius 3 is 2.62 bits per heavy atom. The summed E-state index contributed by atoms with van der Waals surface area (Å²) < 4.78 is 31.0. The maximum atomic E-state index is 11.0. The summed E-state index contributed by atoms with van der Waals surface area (Å²) in [5.41, 5.74) is 6.01. The first-order valence-electron chi connectivity index (χ1n) is 4.60. The SMILES string of the molecule is Nc1ccc2c(c1)=CC(O)(S(=O)(=O)O)CC=2. The molecule has 0 saturated heterocycles. The lowest BCUT2D eigenvalue weighted by molar-refractivity contribution is 0.181. The van der Waals surface area contributed by atoms with Crippen LogP contribution in [0.4, 0.5) is 5.69 Å². The van der Waals surface area contributed by atoms with E-state index in [2.05, 4.69) is 0 Å². The lowest BCUT2D eigenvalue weighted by Crippen LogP contribution is -2.43. The minimum Gasteiger partial charge on any atom is -0.399 e. The predicted molar refractivity (Wildman–Crippen MR) is 60.1 cm³/mol. The second kappa shape index (κ2) is 3.31. The van der Waals surface area contributed by atoms with Crippen LogP contribution in [0.3, 0.4) is 0 Å². The number of rotatable bonds is 1. The van der Waals surface area contributed by atoms with Gasteiger partial charge < -0.3 is 10.8 Å². The first-order chi connectivity index (χ1) is 7.32. The smallest absolute Gasteiger partial charge is 0.299 e. The number of benzene rings is 1. The molecule has 0 aliphatic heterocycles. The van der Waals surface area contributed by atoms with Gasteiger partial charge in [-0.1, -0.05) is 12.1 Å². The highest BCUT2D eigenvalue weighted by Crippen LogP contribution is 2.21. The summed E-state index contributed by atoms with van der Waals surface area (Å²) in [6.07, 6.45) is 2.47. The molecule has 16 heavy (non-hydrogen) atoms. The molecule has 2 rings (SSSR count). The third-order valence-corrected chi connectivity index (χ3v) is 3.73. The lowest BCUT2D eigenvalue weighted by atomic mass is 10.0. The van der Waals surface area contributed by atoms with Crippen LogP contribution in [0.5, 0.6) is 0 Å². The van der Waals surface area contributed by atoms with E-state index < -0.39 is 15.1 Å². The van der Waals surface area contributed by atoms with Crippen LogP contribution in [-0.2, 0) is 10.1 Å². The standard InChI is InChI=1S/C10H11NO4S/c11-9-2-1-7-3-4-10(12,16(13,14)15)6-8(7)5-9/h1-3,5-6,12H,4,11H2,(H,13,14,15). The molecule has 0 heterocycles. The van der Waals surface area contributed by atoms with Crippen LogP contribution in [-0.4, -0.2) is 23.0 Å². The molecule has 0 spiro atoms. The second-order valence-electron chi connectivity index (χ2n) is 3.76. The third kappa shape index (κ3) is 1.71. The second-order valence-corrected chi connectivity index (χ2v) is 5.42. The molecule has 1 unspecified atom stereocenters. The molecule has 1 atom stereocenters. The van der Waals surface area contributed by atoms with Crippen LogP contribution in [0.1, 0.15) is 6.42 Å². The number of anilines is 1. The molecule has 1 aromatic carbocycles. The van der Waals surface area contributed by atoms with E-state index >= 15 is 0 Å². The molecule has 1 aliphatic carbocycles. The Bertz CT molecular complexity index is 650. The van der Waals surface area contributed by atoms with Crippen molar-refractivity contribution in [3.63, 3.8) is 0 Å². The molecule has 0 saturated carbocycles. The first kappa shape index (κ1) is 11.1. The average molecular weight is 241 g/mol. The van der Waals surface area contributed by atoms with Gasteiger partial charge in [-0.3, -0.25) is 4.55 Å². The molecule has 6 heteroatoms. The summed E-state index contributed by atoms with van der Waals surface area (Å²) in [5.74, 6) is 0. The first-order valence-corrected chi connectivity index (χ1v) is 6.04. The van der Waals surface area contributed by atoms with E-state index in [1.54, 1.807) is 24.3 Å². The molecule has 0 amide bonds. The molecule has 0 radical (unpaired) electrons. The molecular weight excluding hydrogens is 230 g/mol. The Morgan fingerprint density at radius 2 is 2.00 bits per heavy atom. The maximum absolute atomic E-state index is 11.0. The highest BCUT2D eigenvalue weighted by molar-refractivity contribution is 7.87. The number of nitrogens with two attached hydrogens (primary N) is 1. The van der Waals surface area contributed by atoms with Gasteiger partial charge in [0.15, 0.2) is 0 Å². The number of aliphatic hydroxyl groups is 1. The molecule has 1 aliphatic rings. The van der Waals surface area contributed by atoms with E-state index in [1.165, 1.54) is 0 Å². The number of hydrogen-bond acceptors (Lipinski definition) is 4. The van der Waals surface area contributed by atoms with Gasteiger partial charge in [-0.2, -0.15) is 8.42 Å². The minimum absolute atomic E-state index is 0.178. The van der Waals surface area contributed by atoms with Crippen molar-refractivity contribution in [3.8, 4) is 0 Å². The minimum atomic E-state index is -4.55. The Labute approximate surface area is 92.3 Å². The summed E-state index contributed by atoms with van der Waals surface area (Å²) in [6.45, 7) is 0. The Kier molecular flexibility index (Phi) is 2.30. The van der Waals surface area contributed by atoms with Gasteiger partial charge in [-0.05, 0) is 28.6 Å². The number of hydrogen-bond donors (Lipinski definition) is 3. The zero-order chi connectivity index (χ0) is 12.0. The van der Waals surface area contributed by atoms with Crippen LogP contribution >= 0.6 is 0 Å². The third-order valence-electron chi connectivity index (χ3n) is 2.55. The molecule has 5 nitrogen and oxygen atoms in total. The molecule has 0 fully saturated rings. The van der Waals surface area contributed by atoms with Crippen molar-refractivity contribution < 1.29 is 18.1 Å². The van der Waals surface area contributed by atoms with Crippen molar-refractivity contribution in [2.45, 2.75) is 11.4 Å². The topological polar surface area (TPSA) is 101 Å². The summed E-state index contributed by atoms with van der Waals surface area (Å²) >= 11 is 0. The number of nitrogen functional groups attached to an aromatic ring is 1. The highest BCUT2D eigenvalue weighted by Gasteiger charge is 2.38. The fourth-order valence-electron chi connectivity index (χ4n) is 1.64. The highest BCUT2D eigenvalue weighted by atomic mass is 32.2. The average Bonchev–Trinajstić information content (AvgIpc) is 2.15. The summed E-state index contributed by atoms with van der Waals surface area (Å²) in [7, 11) is -4.55. The van der Waals surface area contributed by atoms with E-state index in [1.807, 2.05) is 0 Å². The van der Waals surface area contributed by atoms with E-state index in [-0.39, 0.29) is 6.42 Å². The molecule has 1 aromatic rings. The Balaban J connectivity index is 2.73. The van der Waals surface area contributed by atoms with Crippen molar-refractivity contribution in [3.05, 3.63) is 28.6 Å². The van der Waals surface area contributed by atoms with Gasteiger partial charge in [0.2, 0.25) is 4.93 Å². The predicted octanol–water partition coefficient (Wildman–Crippen LogP) is -1.19. The largest absolute Gasteiger partial charge is 0.399 e. The van der Waals surface area contributed by atoms with Gasteiger partial charge in [0, 0.05) is 12.1 Å². The van der Waals surface area contributed by atoms with Gasteiger partial charge in [-0.15, -0.1) is 0 Å². The fourth-order valence-corrected chi connectivity index (χ4v) is 2.21. The van der Waals surface area contributed by atoms with Crippen LogP contribution < -0.4 is 16.2 Å². The van der Waals surface area contributed by atoms with Gasteiger partial charge in [-0.25, -0.2) is 0 Å². The van der Waals surface area contributed by atoms with Gasteiger partial charge in [0.1, 0.15) is 0 Å². The molecule has 86 valence electrons. The van der Waals surface area contributed by atoms with Crippen molar-refractivity contribution >= 4 is 28.0 Å². The van der Waals surface area contributed by atoms with Crippen molar-refractivity contribution in [2.75, 3.05) is 5.73 Å². The van der Waals surface area contributed by atoms with Crippen molar-refractivity contribution in [1.82, 2.24) is 0 Å². The van der Waals surface area contributed by atoms with Crippen molar-refractivity contribution in [1.29, 1.82) is 0 Å². The van der Waals surface area contributed by atoms with E-state index in [4.69, 9.17) is 10.3 Å². The van der Waals surface area contributed by atoms with Gasteiger partial charge >= 0.3 is 0 Å². The van der Waals surface area contributed by atoms with Gasteiger partial charge in [0.25, 0.3) is 10.1 Å². The number of fused-ring (bicyclic) bond motifs is 1. The summed E-state index contributed by atoms with van der Waals surface area (Å²) in [5, 5.41) is 11.1. The van der Waals surface area contributed by atoms with Crippen LogP contribution in [0.25, 0.3) is 12.2 Å². The van der Waals surface area contributed by atoms with Gasteiger partial charge in [0.05, 0.1) is 0 Å². The summed E-state index contributed by atoms with van der Waals surface area (Å²) in [4.78, 5) is -2.26. The maximum Gasteiger partial charge on any atom is 0.299 e. The van der Waals surface area contributed by atoms with Crippen molar-refractivity contribution in [2.24, 2.45) is 0 Å². The Morgan fingerprint density at radius 1 is 1.31 bits per heavy atom. The molecule has 0 bridgehead atoms. The fraction of sp³-hybridized carbons (Fsp3) is 0.200. The zero-order valence-electron chi connectivity index (χ0n) is 8.29. The quantitative estimate of drug-likeness (QED) is 0.424. The molecular formula is C10H11NO4S. The van der Waals surface area contributed by atoms with E-state index in [0.717, 1.165) is 11.3 Å². The normalized spacial score (nSPS) is 24.1. The molecule has 4 N–H and O–H groups in total. The Hall–Kier alpha value is -1.37. The summed E-state index contributed by atoms with van der Waals surface area (Å²) in [6, 6.07) is 4.95. The van der Waals surface area contributed by atoms with E-state index in [0.29, 0.717) is 10.9 Å². The lowest BCUT2D eigenvalue weighted by Gasteiger charge is -2.21. The van der Waals surface area contributed by atoms with Crippen LogP contribution in [0.2, 0.25) is 0 Å². The zero-order valence-corrected chi connectivity index (χ0v) is 9.11. The van der Waals surface area contributed by atoms with E-state index in [9.17, 15) is 13.5 Å². The van der Waals surface area contributed by atoms with Crippen LogP contribution in [0, 0.1) is 0 Å². The van der Waals surface area contributed by atoms with Crippen LogP contribution in [0.15, 0.2) is 18.2 Å². The molecule has 0 aromatic heterocycles. The monoisotopic (exact) mass is 241 g/mol.